The summed E-state index contributed by atoms with van der Waals surface area (Å²) in [6.45, 7) is 8.76. The number of carbonyl (C=O) groups excluding carboxylic acids is 1. The summed E-state index contributed by atoms with van der Waals surface area (Å²) < 4.78 is 65.0. The molecule has 258 valence electrons. The summed E-state index contributed by atoms with van der Waals surface area (Å²) in [6, 6.07) is 6.25. The number of halogens is 2. The first-order chi connectivity index (χ1) is 22.8. The number of ether oxygens (including phenoxy) is 1. The molecule has 3 heterocycles. The maximum Gasteiger partial charge on any atom is 0.291 e. The SMILES string of the molecule is C[Si](C)(C)CCOCN(C1(C#N)CC1)S(=O)(=O)c1cc(N2CCN(C(=O)C3CC3)CC2)c2c(C3CC3)nn(-c3nnc(C(F)F)s3)c2c1. The molecule has 4 aliphatic rings. The minimum Gasteiger partial charge on any atom is -0.367 e. The second-order valence-corrected chi connectivity index (χ2v) is 23.0. The first-order valence-corrected chi connectivity index (χ1v) is 22.5. The Hall–Kier alpha value is -3.04. The van der Waals surface area contributed by atoms with Gasteiger partial charge in [0.15, 0.2) is 5.01 Å². The molecular weight excluding hydrogens is 679 g/mol. The summed E-state index contributed by atoms with van der Waals surface area (Å²) in [5.41, 5.74) is 0.629. The molecule has 1 amide bonds. The molecule has 3 saturated carbocycles. The number of alkyl halides is 2. The number of hydrogen-bond donors (Lipinski definition) is 0. The molecule has 48 heavy (non-hydrogen) atoms. The van der Waals surface area contributed by atoms with Gasteiger partial charge in [-0.1, -0.05) is 31.0 Å². The number of carbonyl (C=O) groups is 1. The van der Waals surface area contributed by atoms with Crippen molar-refractivity contribution in [2.45, 2.75) is 87.0 Å². The van der Waals surface area contributed by atoms with Crippen LogP contribution in [0, 0.1) is 17.2 Å². The highest BCUT2D eigenvalue weighted by molar-refractivity contribution is 7.89. The molecule has 7 rings (SSSR count). The fourth-order valence-corrected chi connectivity index (χ4v) is 9.28. The predicted molar refractivity (Wildman–Crippen MR) is 179 cm³/mol. The van der Waals surface area contributed by atoms with Crippen molar-refractivity contribution in [2.75, 3.05) is 44.4 Å². The van der Waals surface area contributed by atoms with E-state index in [-0.39, 0.29) is 34.5 Å². The highest BCUT2D eigenvalue weighted by Gasteiger charge is 2.54. The first-order valence-electron chi connectivity index (χ1n) is 16.6. The molecular formula is C31H40F2N8O4S2Si. The molecule has 0 N–H and O–H groups in total. The smallest absolute Gasteiger partial charge is 0.291 e. The van der Waals surface area contributed by atoms with Crippen LogP contribution in [0.5, 0.6) is 0 Å². The second kappa shape index (κ2) is 12.4. The van der Waals surface area contributed by atoms with Crippen molar-refractivity contribution in [1.29, 1.82) is 5.26 Å². The molecule has 1 aromatic carbocycles. The lowest BCUT2D eigenvalue weighted by Gasteiger charge is -2.37. The average molecular weight is 719 g/mol. The monoisotopic (exact) mass is 718 g/mol. The zero-order chi connectivity index (χ0) is 34.0. The van der Waals surface area contributed by atoms with E-state index in [9.17, 15) is 27.3 Å². The Morgan fingerprint density at radius 3 is 2.42 bits per heavy atom. The van der Waals surface area contributed by atoms with Gasteiger partial charge < -0.3 is 14.5 Å². The number of hydrogen-bond acceptors (Lipinski definition) is 10. The number of nitrogens with zero attached hydrogens (tertiary/aromatic N) is 8. The Morgan fingerprint density at radius 1 is 1.15 bits per heavy atom. The zero-order valence-electron chi connectivity index (χ0n) is 27.4. The van der Waals surface area contributed by atoms with Crippen LogP contribution in [0.25, 0.3) is 16.0 Å². The van der Waals surface area contributed by atoms with Crippen LogP contribution >= 0.6 is 11.3 Å². The molecule has 0 atom stereocenters. The van der Waals surface area contributed by atoms with Gasteiger partial charge in [0.2, 0.25) is 21.1 Å². The molecule has 17 heteroatoms. The van der Waals surface area contributed by atoms with Gasteiger partial charge in [-0.3, -0.25) is 4.79 Å². The molecule has 1 aliphatic heterocycles. The summed E-state index contributed by atoms with van der Waals surface area (Å²) >= 11 is 0.712. The summed E-state index contributed by atoms with van der Waals surface area (Å²) in [6.07, 6.45) is 1.64. The molecule has 4 fully saturated rings. The normalized spacial score (nSPS) is 19.8. The molecule has 0 unspecified atom stereocenters. The van der Waals surface area contributed by atoms with Gasteiger partial charge in [0.05, 0.1) is 22.2 Å². The van der Waals surface area contributed by atoms with Crippen LogP contribution in [-0.4, -0.2) is 96.6 Å². The van der Waals surface area contributed by atoms with E-state index in [1.165, 1.54) is 15.1 Å². The van der Waals surface area contributed by atoms with Crippen LogP contribution < -0.4 is 4.90 Å². The van der Waals surface area contributed by atoms with Gasteiger partial charge in [-0.05, 0) is 56.7 Å². The van der Waals surface area contributed by atoms with E-state index in [4.69, 9.17) is 9.84 Å². The summed E-state index contributed by atoms with van der Waals surface area (Å²) in [5, 5.41) is 23.1. The van der Waals surface area contributed by atoms with Crippen LogP contribution in [0.3, 0.4) is 0 Å². The minimum absolute atomic E-state index is 0.0427. The number of anilines is 1. The van der Waals surface area contributed by atoms with E-state index in [2.05, 4.69) is 40.8 Å². The van der Waals surface area contributed by atoms with Crippen LogP contribution in [0.2, 0.25) is 25.7 Å². The first kappa shape index (κ1) is 33.5. The average Bonchev–Trinajstić information content (AvgIpc) is 3.98. The molecule has 3 aliphatic carbocycles. The van der Waals surface area contributed by atoms with E-state index in [0.717, 1.165) is 42.8 Å². The third-order valence-electron chi connectivity index (χ3n) is 9.58. The standard InChI is InChI=1S/C31H40F2N8O4S2Si/c1-48(2,3)15-14-45-19-40(31(18-34)8-9-31)47(43,44)22-16-23(38-10-12-39(13-11-38)29(42)21-6-7-21)25-24(17-22)41(37-26(25)20-4-5-20)30-36-35-28(46-30)27(32)33/h16-17,20-21,27H,4-15,19H2,1-3H3. The fourth-order valence-electron chi connectivity index (χ4n) is 6.18. The van der Waals surface area contributed by atoms with Crippen molar-refractivity contribution in [1.82, 2.24) is 29.2 Å². The Morgan fingerprint density at radius 2 is 1.85 bits per heavy atom. The van der Waals surface area contributed by atoms with E-state index in [1.54, 1.807) is 6.07 Å². The number of amides is 1. The molecule has 12 nitrogen and oxygen atoms in total. The topological polar surface area (TPSA) is 138 Å². The van der Waals surface area contributed by atoms with E-state index < -0.39 is 35.1 Å². The maximum absolute atomic E-state index is 14.6. The fraction of sp³-hybridized carbons (Fsp3) is 0.645. The predicted octanol–water partition coefficient (Wildman–Crippen LogP) is 5.11. The van der Waals surface area contributed by atoms with Gasteiger partial charge in [-0.2, -0.15) is 14.7 Å². The number of piperazine rings is 1. The largest absolute Gasteiger partial charge is 0.367 e. The van der Waals surface area contributed by atoms with Gasteiger partial charge in [0.1, 0.15) is 12.3 Å². The van der Waals surface area contributed by atoms with Gasteiger partial charge in [-0.25, -0.2) is 21.9 Å². The highest BCUT2D eigenvalue weighted by atomic mass is 32.2. The molecule has 1 saturated heterocycles. The Kier molecular flexibility index (Phi) is 8.63. The van der Waals surface area contributed by atoms with E-state index >= 15 is 0 Å². The third kappa shape index (κ3) is 6.49. The molecule has 0 radical (unpaired) electrons. The van der Waals surface area contributed by atoms with E-state index in [0.29, 0.717) is 68.2 Å². The molecule has 0 bridgehead atoms. The van der Waals surface area contributed by atoms with Gasteiger partial charge >= 0.3 is 0 Å². The van der Waals surface area contributed by atoms with Crippen molar-refractivity contribution < 1.29 is 26.7 Å². The van der Waals surface area contributed by atoms with Gasteiger partial charge in [0, 0.05) is 63.8 Å². The van der Waals surface area contributed by atoms with Crippen LogP contribution in [-0.2, 0) is 19.6 Å². The molecule has 0 spiro atoms. The Bertz CT molecular complexity index is 1870. The molecule has 3 aromatic rings. The van der Waals surface area contributed by atoms with Crippen molar-refractivity contribution in [3.63, 3.8) is 0 Å². The summed E-state index contributed by atoms with van der Waals surface area (Å²) in [4.78, 5) is 16.8. The van der Waals surface area contributed by atoms with Gasteiger partial charge in [-0.15, -0.1) is 10.2 Å². The number of benzene rings is 1. The Balaban J connectivity index is 1.33. The minimum atomic E-state index is -4.29. The maximum atomic E-state index is 14.6. The number of nitriles is 1. The van der Waals surface area contributed by atoms with Crippen LogP contribution in [0.15, 0.2) is 17.0 Å². The van der Waals surface area contributed by atoms with Crippen molar-refractivity contribution in [2.24, 2.45) is 5.92 Å². The third-order valence-corrected chi connectivity index (χ3v) is 14.1. The van der Waals surface area contributed by atoms with E-state index in [1.807, 2.05) is 4.90 Å². The van der Waals surface area contributed by atoms with Gasteiger partial charge in [0.25, 0.3) is 6.43 Å². The summed E-state index contributed by atoms with van der Waals surface area (Å²) in [5.74, 6) is 0.416. The molecule has 2 aromatic heterocycles. The lowest BCUT2D eigenvalue weighted by molar-refractivity contribution is -0.132. The summed E-state index contributed by atoms with van der Waals surface area (Å²) in [7, 11) is -5.75. The number of rotatable bonds is 13. The second-order valence-electron chi connectivity index (χ2n) is 14.6. The quantitative estimate of drug-likeness (QED) is 0.134. The van der Waals surface area contributed by atoms with Crippen molar-refractivity contribution in [3.05, 3.63) is 22.8 Å². The zero-order valence-corrected chi connectivity index (χ0v) is 30.0. The van der Waals surface area contributed by atoms with Crippen LogP contribution in [0.4, 0.5) is 14.5 Å². The number of fused-ring (bicyclic) bond motifs is 1. The lowest BCUT2D eigenvalue weighted by atomic mass is 10.1. The highest BCUT2D eigenvalue weighted by Crippen LogP contribution is 2.48. The number of aromatic nitrogens is 4. The Labute approximate surface area is 283 Å². The number of sulfonamides is 1. The van der Waals surface area contributed by atoms with Crippen molar-refractivity contribution >= 4 is 51.9 Å². The van der Waals surface area contributed by atoms with Crippen molar-refractivity contribution in [3.8, 4) is 11.2 Å². The van der Waals surface area contributed by atoms with Crippen LogP contribution in [0.1, 0.15) is 61.6 Å². The lowest BCUT2D eigenvalue weighted by Crippen LogP contribution is -2.49.